The van der Waals surface area contributed by atoms with Gasteiger partial charge in [-0.3, -0.25) is 14.3 Å². The zero-order valence-corrected chi connectivity index (χ0v) is 7.64. The van der Waals surface area contributed by atoms with E-state index in [1.165, 1.54) is 16.8 Å². The largest absolute Gasteiger partial charge is 0.391 e. The number of aliphatic hydroxyl groups excluding tert-OH is 1. The summed E-state index contributed by atoms with van der Waals surface area (Å²) in [5, 5.41) is 9.58. The minimum atomic E-state index is -0.474. The Morgan fingerprint density at radius 2 is 2.21 bits per heavy atom. The first-order valence-electron chi connectivity index (χ1n) is 4.68. The third-order valence-corrected chi connectivity index (χ3v) is 2.65. The van der Waals surface area contributed by atoms with Crippen molar-refractivity contribution >= 4 is 0 Å². The SMILES string of the molecule is O=c1ccn([C@@H]2CCC[C@H]2O)c(=O)[nH]1. The predicted molar refractivity (Wildman–Crippen MR) is 50.2 cm³/mol. The highest BCUT2D eigenvalue weighted by Gasteiger charge is 2.27. The van der Waals surface area contributed by atoms with Gasteiger partial charge in [0.25, 0.3) is 5.56 Å². The molecule has 0 unspecified atom stereocenters. The van der Waals surface area contributed by atoms with Crippen LogP contribution in [-0.2, 0) is 0 Å². The number of nitrogens with one attached hydrogen (secondary N) is 1. The first kappa shape index (κ1) is 9.21. The summed E-state index contributed by atoms with van der Waals surface area (Å²) in [6.45, 7) is 0. The summed E-state index contributed by atoms with van der Waals surface area (Å²) in [6, 6.07) is 1.12. The molecule has 14 heavy (non-hydrogen) atoms. The molecule has 0 amide bonds. The van der Waals surface area contributed by atoms with Crippen molar-refractivity contribution in [3.8, 4) is 0 Å². The number of nitrogens with zero attached hydrogens (tertiary/aromatic N) is 1. The Bertz CT molecular complexity index is 434. The second-order valence-corrected chi connectivity index (χ2v) is 3.58. The Morgan fingerprint density at radius 1 is 1.43 bits per heavy atom. The molecule has 76 valence electrons. The van der Waals surface area contributed by atoms with Crippen molar-refractivity contribution in [1.82, 2.24) is 9.55 Å². The molecule has 0 aromatic carbocycles. The van der Waals surface area contributed by atoms with Crippen LogP contribution in [0.25, 0.3) is 0 Å². The lowest BCUT2D eigenvalue weighted by atomic mass is 10.2. The lowest BCUT2D eigenvalue weighted by molar-refractivity contribution is 0.134. The lowest BCUT2D eigenvalue weighted by Gasteiger charge is -2.16. The fraction of sp³-hybridized carbons (Fsp3) is 0.556. The molecule has 1 fully saturated rings. The van der Waals surface area contributed by atoms with Crippen LogP contribution in [0.15, 0.2) is 21.9 Å². The zero-order valence-electron chi connectivity index (χ0n) is 7.64. The van der Waals surface area contributed by atoms with Gasteiger partial charge in [0.2, 0.25) is 0 Å². The van der Waals surface area contributed by atoms with Crippen molar-refractivity contribution < 1.29 is 5.11 Å². The average molecular weight is 196 g/mol. The van der Waals surface area contributed by atoms with E-state index in [-0.39, 0.29) is 6.04 Å². The first-order valence-corrected chi connectivity index (χ1v) is 4.68. The van der Waals surface area contributed by atoms with Crippen LogP contribution in [0.2, 0.25) is 0 Å². The Morgan fingerprint density at radius 3 is 2.79 bits per heavy atom. The third kappa shape index (κ3) is 1.50. The van der Waals surface area contributed by atoms with Crippen molar-refractivity contribution in [1.29, 1.82) is 0 Å². The van der Waals surface area contributed by atoms with Crippen molar-refractivity contribution in [3.63, 3.8) is 0 Å². The van der Waals surface area contributed by atoms with Gasteiger partial charge in [-0.25, -0.2) is 4.79 Å². The number of aromatic amines is 1. The average Bonchev–Trinajstić information content (AvgIpc) is 2.52. The van der Waals surface area contributed by atoms with E-state index in [2.05, 4.69) is 4.98 Å². The molecule has 1 aliphatic rings. The summed E-state index contributed by atoms with van der Waals surface area (Å²) in [7, 11) is 0. The van der Waals surface area contributed by atoms with Gasteiger partial charge in [-0.15, -0.1) is 0 Å². The highest BCUT2D eigenvalue weighted by Crippen LogP contribution is 2.28. The van der Waals surface area contributed by atoms with Crippen molar-refractivity contribution in [2.24, 2.45) is 0 Å². The molecule has 1 aromatic rings. The van der Waals surface area contributed by atoms with Gasteiger partial charge in [-0.2, -0.15) is 0 Å². The fourth-order valence-corrected chi connectivity index (χ4v) is 1.93. The van der Waals surface area contributed by atoms with Crippen LogP contribution in [0.1, 0.15) is 25.3 Å². The van der Waals surface area contributed by atoms with Crippen LogP contribution >= 0.6 is 0 Å². The summed E-state index contributed by atoms with van der Waals surface area (Å²) in [5.74, 6) is 0. The molecule has 0 spiro atoms. The minimum Gasteiger partial charge on any atom is -0.391 e. The fourth-order valence-electron chi connectivity index (χ4n) is 1.93. The predicted octanol–water partition coefficient (Wildman–Crippen LogP) is -0.378. The maximum Gasteiger partial charge on any atom is 0.328 e. The van der Waals surface area contributed by atoms with E-state index in [0.717, 1.165) is 19.3 Å². The summed E-state index contributed by atoms with van der Waals surface area (Å²) >= 11 is 0. The van der Waals surface area contributed by atoms with E-state index >= 15 is 0 Å². The van der Waals surface area contributed by atoms with Crippen molar-refractivity contribution in [3.05, 3.63) is 33.1 Å². The number of hydrogen-bond acceptors (Lipinski definition) is 3. The van der Waals surface area contributed by atoms with Crippen LogP contribution in [0, 0.1) is 0 Å². The quantitative estimate of drug-likeness (QED) is 0.643. The number of aliphatic hydroxyl groups is 1. The molecule has 2 N–H and O–H groups in total. The lowest BCUT2D eigenvalue weighted by Crippen LogP contribution is -2.34. The van der Waals surface area contributed by atoms with Crippen LogP contribution in [0.3, 0.4) is 0 Å². The number of hydrogen-bond donors (Lipinski definition) is 2. The molecule has 1 aliphatic carbocycles. The van der Waals surface area contributed by atoms with Gasteiger partial charge in [0, 0.05) is 12.3 Å². The first-order chi connectivity index (χ1) is 6.68. The molecule has 0 aliphatic heterocycles. The normalized spacial score (nSPS) is 26.6. The maximum atomic E-state index is 11.4. The standard InChI is InChI=1S/C9H12N2O3/c12-7-3-1-2-6(7)11-5-4-8(13)10-9(11)14/h4-7,12H,1-3H2,(H,10,13,14)/t6-,7-/m1/s1. The van der Waals surface area contributed by atoms with Gasteiger partial charge in [0.1, 0.15) is 0 Å². The molecular weight excluding hydrogens is 184 g/mol. The summed E-state index contributed by atoms with van der Waals surface area (Å²) in [4.78, 5) is 24.4. The zero-order chi connectivity index (χ0) is 10.1. The molecule has 0 bridgehead atoms. The molecule has 1 saturated carbocycles. The Kier molecular flexibility index (Phi) is 2.25. The van der Waals surface area contributed by atoms with E-state index in [9.17, 15) is 14.7 Å². The summed E-state index contributed by atoms with van der Waals surface area (Å²) in [6.07, 6.45) is 3.39. The maximum absolute atomic E-state index is 11.4. The molecule has 5 nitrogen and oxygen atoms in total. The minimum absolute atomic E-state index is 0.181. The molecule has 0 saturated heterocycles. The monoisotopic (exact) mass is 196 g/mol. The van der Waals surface area contributed by atoms with Crippen LogP contribution < -0.4 is 11.2 Å². The van der Waals surface area contributed by atoms with Gasteiger partial charge in [-0.05, 0) is 19.3 Å². The molecule has 2 rings (SSSR count). The molecule has 1 heterocycles. The van der Waals surface area contributed by atoms with E-state index < -0.39 is 17.4 Å². The molecule has 2 atom stereocenters. The van der Waals surface area contributed by atoms with Gasteiger partial charge < -0.3 is 5.11 Å². The Balaban J connectivity index is 2.41. The van der Waals surface area contributed by atoms with E-state index in [4.69, 9.17) is 0 Å². The van der Waals surface area contributed by atoms with Crippen molar-refractivity contribution in [2.75, 3.05) is 0 Å². The molecule has 0 radical (unpaired) electrons. The van der Waals surface area contributed by atoms with Gasteiger partial charge in [0.15, 0.2) is 0 Å². The highest BCUT2D eigenvalue weighted by molar-refractivity contribution is 4.90. The third-order valence-electron chi connectivity index (χ3n) is 2.65. The van der Waals surface area contributed by atoms with Gasteiger partial charge in [-0.1, -0.05) is 0 Å². The van der Waals surface area contributed by atoms with Crippen LogP contribution in [0.4, 0.5) is 0 Å². The molecule has 5 heteroatoms. The number of rotatable bonds is 1. The Hall–Kier alpha value is -1.36. The van der Waals surface area contributed by atoms with Gasteiger partial charge in [0.05, 0.1) is 12.1 Å². The van der Waals surface area contributed by atoms with Crippen LogP contribution in [-0.4, -0.2) is 20.8 Å². The van der Waals surface area contributed by atoms with E-state index in [1.54, 1.807) is 0 Å². The highest BCUT2D eigenvalue weighted by atomic mass is 16.3. The Labute approximate surface area is 80.0 Å². The second kappa shape index (κ2) is 3.42. The van der Waals surface area contributed by atoms with E-state index in [1.807, 2.05) is 0 Å². The van der Waals surface area contributed by atoms with Crippen molar-refractivity contribution in [2.45, 2.75) is 31.4 Å². The topological polar surface area (TPSA) is 75.1 Å². The summed E-state index contributed by atoms with van der Waals surface area (Å²) < 4.78 is 1.40. The molecule has 1 aromatic heterocycles. The number of H-pyrrole nitrogens is 1. The van der Waals surface area contributed by atoms with Crippen LogP contribution in [0.5, 0.6) is 0 Å². The smallest absolute Gasteiger partial charge is 0.328 e. The van der Waals surface area contributed by atoms with E-state index in [0.29, 0.717) is 0 Å². The second-order valence-electron chi connectivity index (χ2n) is 3.58. The molecular formula is C9H12N2O3. The van der Waals surface area contributed by atoms with Gasteiger partial charge >= 0.3 is 5.69 Å². The number of aromatic nitrogens is 2. The summed E-state index contributed by atoms with van der Waals surface area (Å²) in [5.41, 5.74) is -0.845.